The number of hydrogen-bond acceptors (Lipinski definition) is 9. The third-order valence-electron chi connectivity index (χ3n) is 4.67. The van der Waals surface area contributed by atoms with Gasteiger partial charge in [-0.25, -0.2) is 14.8 Å². The van der Waals surface area contributed by atoms with E-state index in [9.17, 15) is 14.9 Å². The number of piperazine rings is 1. The van der Waals surface area contributed by atoms with E-state index < -0.39 is 10.9 Å². The summed E-state index contributed by atoms with van der Waals surface area (Å²) in [4.78, 5) is 35.3. The average molecular weight is 386 g/mol. The zero-order valence-corrected chi connectivity index (χ0v) is 15.8. The van der Waals surface area contributed by atoms with E-state index in [1.165, 1.54) is 13.4 Å². The van der Waals surface area contributed by atoms with Crippen molar-refractivity contribution in [2.24, 2.45) is 0 Å². The van der Waals surface area contributed by atoms with Crippen molar-refractivity contribution in [1.82, 2.24) is 14.9 Å². The van der Waals surface area contributed by atoms with Crippen molar-refractivity contribution in [2.45, 2.75) is 6.92 Å². The first-order chi connectivity index (χ1) is 13.5. The van der Waals surface area contributed by atoms with Crippen LogP contribution in [0.1, 0.15) is 17.3 Å². The Balaban J connectivity index is 1.85. The lowest BCUT2D eigenvalue weighted by Gasteiger charge is -2.34. The molecule has 2 aromatic rings. The molecule has 1 aliphatic rings. The lowest BCUT2D eigenvalue weighted by Crippen LogP contribution is -2.46. The van der Waals surface area contributed by atoms with Crippen molar-refractivity contribution in [3.05, 3.63) is 46.3 Å². The van der Waals surface area contributed by atoms with Crippen LogP contribution in [0.3, 0.4) is 0 Å². The molecule has 0 saturated carbocycles. The van der Waals surface area contributed by atoms with E-state index in [-0.39, 0.29) is 11.5 Å². The van der Waals surface area contributed by atoms with Gasteiger partial charge >= 0.3 is 11.7 Å². The number of benzene rings is 1. The third-order valence-corrected chi connectivity index (χ3v) is 4.67. The highest BCUT2D eigenvalue weighted by Gasteiger charge is 2.29. The monoisotopic (exact) mass is 386 g/mol. The first-order valence-electron chi connectivity index (χ1n) is 8.95. The van der Waals surface area contributed by atoms with E-state index in [0.29, 0.717) is 30.2 Å². The maximum Gasteiger partial charge on any atom is 0.353 e. The van der Waals surface area contributed by atoms with Crippen molar-refractivity contribution in [3.8, 4) is 0 Å². The summed E-state index contributed by atoms with van der Waals surface area (Å²) in [6.45, 7) is 6.03. The highest BCUT2D eigenvalue weighted by atomic mass is 16.6. The molecular formula is C18H22N6O4. The molecule has 0 amide bonds. The van der Waals surface area contributed by atoms with E-state index >= 15 is 0 Å². The van der Waals surface area contributed by atoms with Gasteiger partial charge in [0.2, 0.25) is 11.6 Å². The van der Waals surface area contributed by atoms with Gasteiger partial charge in [0.1, 0.15) is 6.33 Å². The van der Waals surface area contributed by atoms with Crippen molar-refractivity contribution in [1.29, 1.82) is 0 Å². The molecule has 1 saturated heterocycles. The van der Waals surface area contributed by atoms with Gasteiger partial charge in [-0.15, -0.1) is 0 Å². The van der Waals surface area contributed by atoms with Gasteiger partial charge in [-0.3, -0.25) is 10.1 Å². The van der Waals surface area contributed by atoms with Crippen LogP contribution in [-0.4, -0.2) is 65.6 Å². The summed E-state index contributed by atoms with van der Waals surface area (Å²) < 4.78 is 4.67. The number of ether oxygens (including phenoxy) is 1. The molecule has 1 aromatic heterocycles. The van der Waals surface area contributed by atoms with Crippen molar-refractivity contribution < 1.29 is 14.5 Å². The molecular weight excluding hydrogens is 364 g/mol. The second kappa shape index (κ2) is 8.61. The summed E-state index contributed by atoms with van der Waals surface area (Å²) in [7, 11) is 1.31. The van der Waals surface area contributed by atoms with Gasteiger partial charge in [0, 0.05) is 31.9 Å². The molecule has 1 N–H and O–H groups in total. The van der Waals surface area contributed by atoms with E-state index in [2.05, 4.69) is 31.8 Å². The first-order valence-corrected chi connectivity index (χ1v) is 8.95. The fourth-order valence-corrected chi connectivity index (χ4v) is 3.08. The molecule has 0 bridgehead atoms. The van der Waals surface area contributed by atoms with Crippen LogP contribution in [0, 0.1) is 10.1 Å². The minimum atomic E-state index is -0.466. The topological polar surface area (TPSA) is 114 Å². The van der Waals surface area contributed by atoms with Crippen LogP contribution in [-0.2, 0) is 4.74 Å². The Labute approximate surface area is 162 Å². The lowest BCUT2D eigenvalue weighted by molar-refractivity contribution is -0.383. The number of carbonyl (C=O) groups is 1. The second-order valence-electron chi connectivity index (χ2n) is 6.27. The average Bonchev–Trinajstić information content (AvgIpc) is 2.73. The van der Waals surface area contributed by atoms with Crippen LogP contribution in [0.15, 0.2) is 30.6 Å². The molecule has 0 aliphatic carbocycles. The summed E-state index contributed by atoms with van der Waals surface area (Å²) >= 11 is 0. The van der Waals surface area contributed by atoms with Gasteiger partial charge in [0.15, 0.2) is 0 Å². The minimum absolute atomic E-state index is 0.110. The molecule has 2 heterocycles. The zero-order valence-electron chi connectivity index (χ0n) is 15.8. The number of carbonyl (C=O) groups excluding carboxylic acids is 1. The summed E-state index contributed by atoms with van der Waals surface area (Å²) in [6, 6.07) is 6.42. The number of aromatic nitrogens is 2. The maximum absolute atomic E-state index is 11.8. The molecule has 148 valence electrons. The van der Waals surface area contributed by atoms with Crippen LogP contribution >= 0.6 is 0 Å². The Bertz CT molecular complexity index is 850. The smallest absolute Gasteiger partial charge is 0.353 e. The Hall–Kier alpha value is -3.27. The molecule has 1 aliphatic heterocycles. The number of rotatable bonds is 6. The van der Waals surface area contributed by atoms with Gasteiger partial charge in [-0.2, -0.15) is 0 Å². The van der Waals surface area contributed by atoms with Gasteiger partial charge in [0.25, 0.3) is 0 Å². The van der Waals surface area contributed by atoms with Gasteiger partial charge in [-0.05, 0) is 30.8 Å². The van der Waals surface area contributed by atoms with Gasteiger partial charge < -0.3 is 19.9 Å². The number of nitrogens with zero attached hydrogens (tertiary/aromatic N) is 5. The molecule has 0 unspecified atom stereocenters. The predicted octanol–water partition coefficient (Wildman–Crippen LogP) is 2.06. The normalized spacial score (nSPS) is 14.6. The maximum atomic E-state index is 11.8. The number of nitro groups is 1. The third kappa shape index (κ3) is 4.17. The van der Waals surface area contributed by atoms with Crippen molar-refractivity contribution in [2.75, 3.05) is 50.1 Å². The molecule has 1 fully saturated rings. The number of esters is 1. The molecule has 1 aromatic carbocycles. The molecule has 10 nitrogen and oxygen atoms in total. The minimum Gasteiger partial charge on any atom is -0.465 e. The van der Waals surface area contributed by atoms with Crippen molar-refractivity contribution in [3.63, 3.8) is 0 Å². The van der Waals surface area contributed by atoms with E-state index in [1.807, 2.05) is 4.90 Å². The molecule has 0 atom stereocenters. The van der Waals surface area contributed by atoms with E-state index in [1.54, 1.807) is 24.3 Å². The summed E-state index contributed by atoms with van der Waals surface area (Å²) in [6.07, 6.45) is 1.32. The zero-order chi connectivity index (χ0) is 20.1. The molecule has 28 heavy (non-hydrogen) atoms. The number of likely N-dealkylation sites (N-methyl/N-ethyl adjacent to an activating group) is 1. The van der Waals surface area contributed by atoms with E-state index in [0.717, 1.165) is 19.6 Å². The van der Waals surface area contributed by atoms with Gasteiger partial charge in [-0.1, -0.05) is 6.92 Å². The SMILES string of the molecule is CCN1CCN(c2ncnc(Nc3ccc(C(=O)OC)cc3)c2[N+](=O)[O-])CC1. The Morgan fingerprint density at radius 1 is 1.21 bits per heavy atom. The summed E-state index contributed by atoms with van der Waals surface area (Å²) in [5.74, 6) is -0.0313. The number of methoxy groups -OCH3 is 1. The Morgan fingerprint density at radius 3 is 2.46 bits per heavy atom. The Kier molecular flexibility index (Phi) is 5.99. The highest BCUT2D eigenvalue weighted by Crippen LogP contribution is 2.34. The number of hydrogen-bond donors (Lipinski definition) is 1. The predicted molar refractivity (Wildman–Crippen MR) is 104 cm³/mol. The first kappa shape index (κ1) is 19.5. The number of nitrogens with one attached hydrogen (secondary N) is 1. The van der Waals surface area contributed by atoms with Crippen LogP contribution < -0.4 is 10.2 Å². The van der Waals surface area contributed by atoms with Gasteiger partial charge in [0.05, 0.1) is 17.6 Å². The molecule has 0 radical (unpaired) electrons. The van der Waals surface area contributed by atoms with Crippen molar-refractivity contribution >= 4 is 29.0 Å². The fraction of sp³-hybridized carbons (Fsp3) is 0.389. The molecule has 0 spiro atoms. The van der Waals surface area contributed by atoms with Crippen LogP contribution in [0.25, 0.3) is 0 Å². The highest BCUT2D eigenvalue weighted by molar-refractivity contribution is 5.89. The molecule has 3 rings (SSSR count). The van der Waals surface area contributed by atoms with Crippen LogP contribution in [0.5, 0.6) is 0 Å². The molecule has 10 heteroatoms. The summed E-state index contributed by atoms with van der Waals surface area (Å²) in [5, 5.41) is 14.7. The largest absolute Gasteiger partial charge is 0.465 e. The quantitative estimate of drug-likeness (QED) is 0.452. The van der Waals surface area contributed by atoms with Crippen LogP contribution in [0.4, 0.5) is 23.0 Å². The fourth-order valence-electron chi connectivity index (χ4n) is 3.08. The summed E-state index contributed by atoms with van der Waals surface area (Å²) in [5.41, 5.74) is 0.792. The number of anilines is 3. The van der Waals surface area contributed by atoms with Crippen LogP contribution in [0.2, 0.25) is 0 Å². The second-order valence-corrected chi connectivity index (χ2v) is 6.27. The van der Waals surface area contributed by atoms with E-state index in [4.69, 9.17) is 0 Å². The lowest BCUT2D eigenvalue weighted by atomic mass is 10.2. The Morgan fingerprint density at radius 2 is 1.89 bits per heavy atom. The standard InChI is InChI=1S/C18H22N6O4/c1-3-22-8-10-23(11-9-22)17-15(24(26)27)16(19-12-20-17)21-14-6-4-13(5-7-14)18(25)28-2/h4-7,12H,3,8-11H2,1-2H3,(H,19,20,21).